The first kappa shape index (κ1) is 12.1. The van der Waals surface area contributed by atoms with Crippen LogP contribution in [0.2, 0.25) is 0 Å². The lowest BCUT2D eigenvalue weighted by molar-refractivity contribution is -0.189. The van der Waals surface area contributed by atoms with Gasteiger partial charge in [-0.25, -0.2) is 4.98 Å². The predicted molar refractivity (Wildman–Crippen MR) is 49.9 cm³/mol. The van der Waals surface area contributed by atoms with Crippen LogP contribution in [0.4, 0.5) is 13.2 Å². The summed E-state index contributed by atoms with van der Waals surface area (Å²) in [5.74, 6) is 0.205. The Balaban J connectivity index is 2.65. The molecule has 0 spiro atoms. The van der Waals surface area contributed by atoms with E-state index in [0.717, 1.165) is 12.5 Å². The summed E-state index contributed by atoms with van der Waals surface area (Å²) in [6.45, 7) is 0.928. The Morgan fingerprint density at radius 2 is 2.13 bits per heavy atom. The maximum atomic E-state index is 12.1. The van der Waals surface area contributed by atoms with Gasteiger partial charge in [-0.2, -0.15) is 13.2 Å². The van der Waals surface area contributed by atoms with E-state index in [1.807, 2.05) is 0 Å². The fourth-order valence-corrected chi connectivity index (χ4v) is 0.966. The minimum Gasteiger partial charge on any atom is -0.465 e. The molecule has 1 atom stereocenters. The average molecular weight is 240 g/mol. The van der Waals surface area contributed by atoms with Crippen molar-refractivity contribution in [3.8, 4) is 5.88 Å². The lowest BCUT2D eigenvalue weighted by Gasteiger charge is -2.16. The Morgan fingerprint density at radius 3 is 2.53 bits per heavy atom. The molecular formula is C9H9ClF3NO. The zero-order valence-electron chi connectivity index (χ0n) is 7.88. The Labute approximate surface area is 90.0 Å². The second kappa shape index (κ2) is 4.70. The van der Waals surface area contributed by atoms with Gasteiger partial charge in [-0.1, -0.05) is 6.07 Å². The molecule has 1 heterocycles. The largest absolute Gasteiger partial charge is 0.465 e. The van der Waals surface area contributed by atoms with Crippen molar-refractivity contribution >= 4 is 11.6 Å². The predicted octanol–water partition coefficient (Wildman–Crippen LogP) is 3.15. The monoisotopic (exact) mass is 239 g/mol. The second-order valence-electron chi connectivity index (χ2n) is 2.94. The Kier molecular flexibility index (Phi) is 3.79. The van der Waals surface area contributed by atoms with Gasteiger partial charge in [0.25, 0.3) is 0 Å². The number of alkyl halides is 4. The first-order valence-electron chi connectivity index (χ1n) is 4.17. The van der Waals surface area contributed by atoms with Crippen molar-refractivity contribution in [2.24, 2.45) is 0 Å². The molecule has 6 heteroatoms. The highest BCUT2D eigenvalue weighted by Gasteiger charge is 2.38. The summed E-state index contributed by atoms with van der Waals surface area (Å²) in [6, 6.07) is 2.93. The molecule has 0 saturated carbocycles. The highest BCUT2D eigenvalue weighted by molar-refractivity contribution is 6.17. The average Bonchev–Trinajstić information content (AvgIpc) is 2.17. The van der Waals surface area contributed by atoms with Crippen LogP contribution in [0.5, 0.6) is 5.88 Å². The van der Waals surface area contributed by atoms with E-state index in [1.54, 1.807) is 6.07 Å². The molecule has 15 heavy (non-hydrogen) atoms. The molecule has 0 N–H and O–H groups in total. The quantitative estimate of drug-likeness (QED) is 0.756. The Morgan fingerprint density at radius 1 is 1.47 bits per heavy atom. The number of hydrogen-bond acceptors (Lipinski definition) is 2. The van der Waals surface area contributed by atoms with Gasteiger partial charge in [0.1, 0.15) is 0 Å². The molecule has 0 fully saturated rings. The maximum absolute atomic E-state index is 12.1. The lowest BCUT2D eigenvalue weighted by atomic mass is 10.3. The molecule has 0 aliphatic rings. The molecule has 1 rings (SSSR count). The zero-order chi connectivity index (χ0) is 11.5. The molecular weight excluding hydrogens is 231 g/mol. The number of nitrogens with zero attached hydrogens (tertiary/aromatic N) is 1. The van der Waals surface area contributed by atoms with Crippen molar-refractivity contribution in [3.63, 3.8) is 0 Å². The topological polar surface area (TPSA) is 22.1 Å². The number of aromatic nitrogens is 1. The van der Waals surface area contributed by atoms with E-state index in [1.165, 1.54) is 12.3 Å². The van der Waals surface area contributed by atoms with Gasteiger partial charge in [-0.3, -0.25) is 0 Å². The van der Waals surface area contributed by atoms with E-state index in [-0.39, 0.29) is 11.8 Å². The summed E-state index contributed by atoms with van der Waals surface area (Å²) in [5, 5.41) is 0. The highest BCUT2D eigenvalue weighted by atomic mass is 35.5. The first-order chi connectivity index (χ1) is 6.93. The molecule has 0 amide bonds. The minimum atomic E-state index is -4.38. The van der Waals surface area contributed by atoms with E-state index in [0.29, 0.717) is 0 Å². The third kappa shape index (κ3) is 3.58. The summed E-state index contributed by atoms with van der Waals surface area (Å²) in [4.78, 5) is 3.70. The van der Waals surface area contributed by atoms with E-state index in [9.17, 15) is 13.2 Å². The number of ether oxygens (including phenoxy) is 1. The Bertz CT molecular complexity index is 312. The van der Waals surface area contributed by atoms with Crippen LogP contribution in [-0.2, 0) is 5.88 Å². The minimum absolute atomic E-state index is 0.0614. The summed E-state index contributed by atoms with van der Waals surface area (Å²) in [5.41, 5.74) is 0.726. The molecule has 0 aromatic carbocycles. The molecule has 0 bridgehead atoms. The standard InChI is InChI=1S/C9H9ClF3NO/c1-6(9(11,12)13)15-8-3-2-7(4-10)5-14-8/h2-3,5-6H,4H2,1H3. The van der Waals surface area contributed by atoms with Crippen molar-refractivity contribution in [2.45, 2.75) is 25.1 Å². The zero-order valence-corrected chi connectivity index (χ0v) is 8.64. The van der Waals surface area contributed by atoms with E-state index in [4.69, 9.17) is 11.6 Å². The van der Waals surface area contributed by atoms with Crippen molar-refractivity contribution in [1.29, 1.82) is 0 Å². The van der Waals surface area contributed by atoms with E-state index >= 15 is 0 Å². The SMILES string of the molecule is CC(Oc1ccc(CCl)cn1)C(F)(F)F. The normalized spacial score (nSPS) is 13.7. The first-order valence-corrected chi connectivity index (χ1v) is 4.71. The van der Waals surface area contributed by atoms with Crippen LogP contribution in [0.3, 0.4) is 0 Å². The van der Waals surface area contributed by atoms with Crippen LogP contribution < -0.4 is 4.74 Å². The molecule has 0 aliphatic heterocycles. The van der Waals surface area contributed by atoms with Crippen LogP contribution in [0.15, 0.2) is 18.3 Å². The van der Waals surface area contributed by atoms with Crippen LogP contribution in [0.25, 0.3) is 0 Å². The van der Waals surface area contributed by atoms with Crippen LogP contribution in [0.1, 0.15) is 12.5 Å². The molecule has 2 nitrogen and oxygen atoms in total. The van der Waals surface area contributed by atoms with Crippen LogP contribution >= 0.6 is 11.6 Å². The molecule has 1 unspecified atom stereocenters. The molecule has 84 valence electrons. The van der Waals surface area contributed by atoms with Crippen molar-refractivity contribution in [3.05, 3.63) is 23.9 Å². The molecule has 1 aromatic heterocycles. The smallest absolute Gasteiger partial charge is 0.425 e. The van der Waals surface area contributed by atoms with E-state index < -0.39 is 12.3 Å². The second-order valence-corrected chi connectivity index (χ2v) is 3.21. The maximum Gasteiger partial charge on any atom is 0.425 e. The van der Waals surface area contributed by atoms with Gasteiger partial charge in [-0.15, -0.1) is 11.6 Å². The molecule has 1 aromatic rings. The van der Waals surface area contributed by atoms with Crippen LogP contribution in [-0.4, -0.2) is 17.3 Å². The molecule has 0 saturated heterocycles. The van der Waals surface area contributed by atoms with Gasteiger partial charge in [0.2, 0.25) is 5.88 Å². The third-order valence-electron chi connectivity index (χ3n) is 1.71. The van der Waals surface area contributed by atoms with Crippen LogP contribution in [0, 0.1) is 0 Å². The summed E-state index contributed by atoms with van der Waals surface area (Å²) in [6.07, 6.45) is -4.87. The number of rotatable bonds is 3. The van der Waals surface area contributed by atoms with E-state index in [2.05, 4.69) is 9.72 Å². The van der Waals surface area contributed by atoms with Gasteiger partial charge in [0.05, 0.1) is 0 Å². The summed E-state index contributed by atoms with van der Waals surface area (Å²) >= 11 is 5.50. The lowest BCUT2D eigenvalue weighted by Crippen LogP contribution is -2.31. The fourth-order valence-electron chi connectivity index (χ4n) is 0.808. The highest BCUT2D eigenvalue weighted by Crippen LogP contribution is 2.23. The molecule has 0 aliphatic carbocycles. The van der Waals surface area contributed by atoms with Gasteiger partial charge in [0, 0.05) is 18.1 Å². The van der Waals surface area contributed by atoms with Crippen molar-refractivity contribution in [2.75, 3.05) is 0 Å². The molecule has 0 radical (unpaired) electrons. The fraction of sp³-hybridized carbons (Fsp3) is 0.444. The summed E-state index contributed by atoms with van der Waals surface area (Å²) < 4.78 is 40.9. The van der Waals surface area contributed by atoms with Crippen molar-refractivity contribution < 1.29 is 17.9 Å². The summed E-state index contributed by atoms with van der Waals surface area (Å²) in [7, 11) is 0. The van der Waals surface area contributed by atoms with Gasteiger partial charge in [-0.05, 0) is 12.5 Å². The van der Waals surface area contributed by atoms with Gasteiger partial charge < -0.3 is 4.74 Å². The number of hydrogen-bond donors (Lipinski definition) is 0. The van der Waals surface area contributed by atoms with Gasteiger partial charge in [0.15, 0.2) is 6.10 Å². The van der Waals surface area contributed by atoms with Gasteiger partial charge >= 0.3 is 6.18 Å². The van der Waals surface area contributed by atoms with Crippen molar-refractivity contribution in [1.82, 2.24) is 4.98 Å². The number of halogens is 4. The number of pyridine rings is 1. The Hall–Kier alpha value is -0.970. The third-order valence-corrected chi connectivity index (χ3v) is 2.02.